The summed E-state index contributed by atoms with van der Waals surface area (Å²) in [6.07, 6.45) is 1.78. The third-order valence-electron chi connectivity index (χ3n) is 3.11. The van der Waals surface area contributed by atoms with Gasteiger partial charge in [0.15, 0.2) is 9.84 Å². The Kier molecular flexibility index (Phi) is 5.34. The fourth-order valence-corrected chi connectivity index (χ4v) is 2.13. The fourth-order valence-electron chi connectivity index (χ4n) is 1.47. The van der Waals surface area contributed by atoms with Crippen molar-refractivity contribution in [3.8, 4) is 5.75 Å². The lowest BCUT2D eigenvalue weighted by Crippen LogP contribution is -2.44. The lowest BCUT2D eigenvalue weighted by atomic mass is 10.0. The van der Waals surface area contributed by atoms with E-state index in [1.54, 1.807) is 19.2 Å². The zero-order valence-electron chi connectivity index (χ0n) is 11.5. The van der Waals surface area contributed by atoms with Gasteiger partial charge in [-0.15, -0.1) is 0 Å². The Bertz CT molecular complexity index is 509. The number of sulfone groups is 1. The standard InChI is InChI=1S/C13H21NO4S/c1-13(10-15,14-2)7-8-18-11-5-4-6-12(9-11)19(3,16)17/h4-6,9,14-15H,7-8,10H2,1-3H3. The summed E-state index contributed by atoms with van der Waals surface area (Å²) < 4.78 is 28.3. The van der Waals surface area contributed by atoms with Gasteiger partial charge >= 0.3 is 0 Å². The maximum absolute atomic E-state index is 11.4. The number of likely N-dealkylation sites (N-methyl/N-ethyl adjacent to an activating group) is 1. The molecule has 1 rings (SSSR count). The molecule has 0 aliphatic heterocycles. The zero-order valence-corrected chi connectivity index (χ0v) is 12.3. The van der Waals surface area contributed by atoms with Crippen molar-refractivity contribution in [2.75, 3.05) is 26.5 Å². The van der Waals surface area contributed by atoms with E-state index in [0.29, 0.717) is 18.8 Å². The molecule has 0 spiro atoms. The second-order valence-corrected chi connectivity index (χ2v) is 6.83. The van der Waals surface area contributed by atoms with Gasteiger partial charge in [0.25, 0.3) is 0 Å². The third kappa shape index (κ3) is 4.81. The molecule has 19 heavy (non-hydrogen) atoms. The van der Waals surface area contributed by atoms with Gasteiger partial charge in [-0.2, -0.15) is 0 Å². The minimum Gasteiger partial charge on any atom is -0.493 e. The first-order valence-corrected chi connectivity index (χ1v) is 7.92. The molecule has 0 aliphatic carbocycles. The summed E-state index contributed by atoms with van der Waals surface area (Å²) in [6.45, 7) is 2.30. The summed E-state index contributed by atoms with van der Waals surface area (Å²) >= 11 is 0. The van der Waals surface area contributed by atoms with Gasteiger partial charge in [0.1, 0.15) is 5.75 Å². The van der Waals surface area contributed by atoms with Gasteiger partial charge in [-0.25, -0.2) is 8.42 Å². The van der Waals surface area contributed by atoms with E-state index in [-0.39, 0.29) is 11.5 Å². The maximum atomic E-state index is 11.4. The Morgan fingerprint density at radius 3 is 2.63 bits per heavy atom. The van der Waals surface area contributed by atoms with Crippen molar-refractivity contribution >= 4 is 9.84 Å². The van der Waals surface area contributed by atoms with E-state index in [9.17, 15) is 13.5 Å². The van der Waals surface area contributed by atoms with Crippen molar-refractivity contribution in [2.24, 2.45) is 0 Å². The van der Waals surface area contributed by atoms with Crippen molar-refractivity contribution in [1.29, 1.82) is 0 Å². The molecule has 0 radical (unpaired) electrons. The number of ether oxygens (including phenoxy) is 1. The van der Waals surface area contributed by atoms with E-state index in [2.05, 4.69) is 5.32 Å². The first kappa shape index (κ1) is 15.9. The molecule has 0 aliphatic rings. The van der Waals surface area contributed by atoms with Crippen molar-refractivity contribution in [2.45, 2.75) is 23.8 Å². The molecule has 1 atom stereocenters. The molecule has 0 saturated carbocycles. The quantitative estimate of drug-likeness (QED) is 0.777. The average Bonchev–Trinajstić information content (AvgIpc) is 2.38. The van der Waals surface area contributed by atoms with Crippen LogP contribution in [0, 0.1) is 0 Å². The highest BCUT2D eigenvalue weighted by atomic mass is 32.2. The molecule has 0 bridgehead atoms. The van der Waals surface area contributed by atoms with Crippen LogP contribution >= 0.6 is 0 Å². The predicted octanol–water partition coefficient (Wildman–Crippen LogP) is 0.829. The highest BCUT2D eigenvalue weighted by Crippen LogP contribution is 2.18. The van der Waals surface area contributed by atoms with Gasteiger partial charge in [0, 0.05) is 18.2 Å². The summed E-state index contributed by atoms with van der Waals surface area (Å²) in [5, 5.41) is 12.3. The molecule has 2 N–H and O–H groups in total. The fraction of sp³-hybridized carbons (Fsp3) is 0.538. The van der Waals surface area contributed by atoms with Crippen LogP contribution in [0.2, 0.25) is 0 Å². The molecule has 1 aromatic rings. The predicted molar refractivity (Wildman–Crippen MR) is 74.2 cm³/mol. The summed E-state index contributed by atoms with van der Waals surface area (Å²) in [6, 6.07) is 6.40. The largest absolute Gasteiger partial charge is 0.493 e. The van der Waals surface area contributed by atoms with Gasteiger partial charge in [-0.1, -0.05) is 6.07 Å². The number of rotatable bonds is 7. The van der Waals surface area contributed by atoms with E-state index in [0.717, 1.165) is 6.26 Å². The van der Waals surface area contributed by atoms with Crippen molar-refractivity contribution < 1.29 is 18.3 Å². The number of benzene rings is 1. The number of nitrogens with one attached hydrogen (secondary N) is 1. The van der Waals surface area contributed by atoms with Crippen LogP contribution in [0.3, 0.4) is 0 Å². The summed E-state index contributed by atoms with van der Waals surface area (Å²) in [7, 11) is -1.44. The number of hydrogen-bond donors (Lipinski definition) is 2. The molecular formula is C13H21NO4S. The Hall–Kier alpha value is -1.11. The van der Waals surface area contributed by atoms with E-state index in [1.807, 2.05) is 6.92 Å². The average molecular weight is 287 g/mol. The second-order valence-electron chi connectivity index (χ2n) is 4.81. The lowest BCUT2D eigenvalue weighted by Gasteiger charge is -2.26. The molecule has 0 aromatic heterocycles. The number of aliphatic hydroxyl groups is 1. The number of hydrogen-bond acceptors (Lipinski definition) is 5. The molecule has 1 aromatic carbocycles. The molecule has 0 heterocycles. The van der Waals surface area contributed by atoms with E-state index < -0.39 is 15.4 Å². The van der Waals surface area contributed by atoms with Crippen LogP contribution < -0.4 is 10.1 Å². The monoisotopic (exact) mass is 287 g/mol. The van der Waals surface area contributed by atoms with Crippen molar-refractivity contribution in [1.82, 2.24) is 5.32 Å². The van der Waals surface area contributed by atoms with Crippen LogP contribution in [-0.4, -0.2) is 45.6 Å². The summed E-state index contributed by atoms with van der Waals surface area (Å²) in [4.78, 5) is 0.239. The normalized spacial score (nSPS) is 14.9. The molecule has 0 saturated heterocycles. The number of aliphatic hydroxyl groups excluding tert-OH is 1. The Morgan fingerprint density at radius 1 is 1.42 bits per heavy atom. The van der Waals surface area contributed by atoms with Gasteiger partial charge in [-0.05, 0) is 32.2 Å². The van der Waals surface area contributed by atoms with Crippen LogP contribution in [0.15, 0.2) is 29.2 Å². The zero-order chi connectivity index (χ0) is 14.5. The van der Waals surface area contributed by atoms with Crippen LogP contribution in [-0.2, 0) is 9.84 Å². The van der Waals surface area contributed by atoms with E-state index in [4.69, 9.17) is 4.74 Å². The van der Waals surface area contributed by atoms with Gasteiger partial charge in [-0.3, -0.25) is 0 Å². The molecular weight excluding hydrogens is 266 g/mol. The van der Waals surface area contributed by atoms with E-state index >= 15 is 0 Å². The van der Waals surface area contributed by atoms with Gasteiger partial charge < -0.3 is 15.2 Å². The highest BCUT2D eigenvalue weighted by Gasteiger charge is 2.20. The Morgan fingerprint density at radius 2 is 2.11 bits per heavy atom. The summed E-state index contributed by atoms with van der Waals surface area (Å²) in [5.41, 5.74) is -0.394. The van der Waals surface area contributed by atoms with Gasteiger partial charge in [0.2, 0.25) is 0 Å². The van der Waals surface area contributed by atoms with Crippen LogP contribution in [0.1, 0.15) is 13.3 Å². The van der Waals surface area contributed by atoms with Crippen LogP contribution in [0.4, 0.5) is 0 Å². The maximum Gasteiger partial charge on any atom is 0.175 e. The SMILES string of the molecule is CNC(C)(CO)CCOc1cccc(S(C)(=O)=O)c1. The summed E-state index contributed by atoms with van der Waals surface area (Å²) in [5.74, 6) is 0.513. The molecule has 5 nitrogen and oxygen atoms in total. The minimum absolute atomic E-state index is 0.0102. The molecule has 0 amide bonds. The highest BCUT2D eigenvalue weighted by molar-refractivity contribution is 7.90. The molecule has 108 valence electrons. The first-order chi connectivity index (χ1) is 8.80. The molecule has 1 unspecified atom stereocenters. The Balaban J connectivity index is 2.65. The van der Waals surface area contributed by atoms with Crippen molar-refractivity contribution in [3.05, 3.63) is 24.3 Å². The smallest absolute Gasteiger partial charge is 0.175 e. The third-order valence-corrected chi connectivity index (χ3v) is 4.22. The lowest BCUT2D eigenvalue weighted by molar-refractivity contribution is 0.151. The second kappa shape index (κ2) is 6.36. The van der Waals surface area contributed by atoms with Crippen LogP contribution in [0.25, 0.3) is 0 Å². The Labute approximate surface area is 114 Å². The van der Waals surface area contributed by atoms with E-state index in [1.165, 1.54) is 12.1 Å². The first-order valence-electron chi connectivity index (χ1n) is 6.03. The molecule has 6 heteroatoms. The minimum atomic E-state index is -3.22. The van der Waals surface area contributed by atoms with Crippen molar-refractivity contribution in [3.63, 3.8) is 0 Å². The van der Waals surface area contributed by atoms with Crippen LogP contribution in [0.5, 0.6) is 5.75 Å². The topological polar surface area (TPSA) is 75.6 Å². The molecule has 0 fully saturated rings. The van der Waals surface area contributed by atoms with Gasteiger partial charge in [0.05, 0.1) is 18.1 Å².